The van der Waals surface area contributed by atoms with E-state index in [1.54, 1.807) is 14.2 Å². The third-order valence-corrected chi connectivity index (χ3v) is 4.90. The number of nitrogens with one attached hydrogen (secondary N) is 3. The molecule has 8 nitrogen and oxygen atoms in total. The maximum absolute atomic E-state index is 12.6. The van der Waals surface area contributed by atoms with E-state index in [1.807, 2.05) is 23.4 Å². The lowest BCUT2D eigenvalue weighted by atomic mass is 10.0. The Hall–Kier alpha value is -3.02. The molecule has 0 saturated carbocycles. The third-order valence-electron chi connectivity index (χ3n) is 4.90. The maximum atomic E-state index is 12.6. The van der Waals surface area contributed by atoms with Crippen LogP contribution in [0.3, 0.4) is 0 Å². The van der Waals surface area contributed by atoms with E-state index in [-0.39, 0.29) is 12.0 Å². The molecule has 1 atom stereocenters. The molecule has 1 amide bonds. The zero-order chi connectivity index (χ0) is 19.5. The van der Waals surface area contributed by atoms with Crippen molar-refractivity contribution in [2.75, 3.05) is 27.3 Å². The Labute approximate surface area is 163 Å². The van der Waals surface area contributed by atoms with Gasteiger partial charge in [0.1, 0.15) is 5.76 Å². The predicted molar refractivity (Wildman–Crippen MR) is 103 cm³/mol. The molecule has 146 valence electrons. The monoisotopic (exact) mass is 381 g/mol. The SMILES string of the molecule is COC1=CC(OC)CC(CN2C=C(NC(=O)c3n[nH]c4c3C#CCC4)CN2)=C1. The summed E-state index contributed by atoms with van der Waals surface area (Å²) < 4.78 is 10.8. The summed E-state index contributed by atoms with van der Waals surface area (Å²) in [7, 11) is 3.34. The van der Waals surface area contributed by atoms with Crippen molar-refractivity contribution in [3.8, 4) is 11.8 Å². The molecule has 0 saturated heterocycles. The number of rotatable bonds is 6. The number of nitrogens with zero attached hydrogens (tertiary/aromatic N) is 2. The maximum Gasteiger partial charge on any atom is 0.277 e. The molecule has 8 heteroatoms. The number of carbonyl (C=O) groups excluding carboxylic acids is 1. The van der Waals surface area contributed by atoms with E-state index in [4.69, 9.17) is 9.47 Å². The molecule has 0 radical (unpaired) electrons. The van der Waals surface area contributed by atoms with E-state index >= 15 is 0 Å². The van der Waals surface area contributed by atoms with Gasteiger partial charge in [0, 0.05) is 32.6 Å². The van der Waals surface area contributed by atoms with Gasteiger partial charge >= 0.3 is 0 Å². The van der Waals surface area contributed by atoms with Crippen LogP contribution >= 0.6 is 0 Å². The molecule has 1 aromatic rings. The summed E-state index contributed by atoms with van der Waals surface area (Å²) in [6, 6.07) is 0. The molecule has 3 aliphatic rings. The molecule has 28 heavy (non-hydrogen) atoms. The molecule has 0 fully saturated rings. The fraction of sp³-hybridized carbons (Fsp3) is 0.400. The third kappa shape index (κ3) is 3.81. The number of hydrogen-bond donors (Lipinski definition) is 3. The molecule has 1 aliphatic heterocycles. The molecule has 4 rings (SSSR count). The number of ether oxygens (including phenoxy) is 2. The summed E-state index contributed by atoms with van der Waals surface area (Å²) in [5.41, 5.74) is 7.23. The molecule has 0 bridgehead atoms. The second-order valence-corrected chi connectivity index (χ2v) is 6.85. The van der Waals surface area contributed by atoms with Gasteiger partial charge in [-0.1, -0.05) is 11.8 Å². The second-order valence-electron chi connectivity index (χ2n) is 6.85. The lowest BCUT2D eigenvalue weighted by Crippen LogP contribution is -2.32. The number of aryl methyl sites for hydroxylation is 1. The van der Waals surface area contributed by atoms with E-state index in [0.29, 0.717) is 24.3 Å². The van der Waals surface area contributed by atoms with Crippen molar-refractivity contribution < 1.29 is 14.3 Å². The van der Waals surface area contributed by atoms with E-state index in [1.165, 1.54) is 5.57 Å². The van der Waals surface area contributed by atoms with Crippen molar-refractivity contribution in [1.29, 1.82) is 0 Å². The molecular formula is C20H23N5O3. The Balaban J connectivity index is 1.39. The van der Waals surface area contributed by atoms with Crippen LogP contribution in [0.1, 0.15) is 34.6 Å². The molecule has 1 unspecified atom stereocenters. The fourth-order valence-corrected chi connectivity index (χ4v) is 3.46. The van der Waals surface area contributed by atoms with Crippen LogP contribution in [0.4, 0.5) is 0 Å². The Kier molecular flexibility index (Phi) is 5.19. The Morgan fingerprint density at radius 3 is 3.18 bits per heavy atom. The Morgan fingerprint density at radius 1 is 1.46 bits per heavy atom. The first kappa shape index (κ1) is 18.3. The molecule has 1 aromatic heterocycles. The van der Waals surface area contributed by atoms with Crippen molar-refractivity contribution in [2.24, 2.45) is 0 Å². The normalized spacial score (nSPS) is 20.4. The number of amides is 1. The highest BCUT2D eigenvalue weighted by atomic mass is 16.5. The average Bonchev–Trinajstić information content (AvgIpc) is 3.34. The number of H-pyrrole nitrogens is 1. The van der Waals surface area contributed by atoms with Crippen LogP contribution in [0.5, 0.6) is 0 Å². The van der Waals surface area contributed by atoms with Gasteiger partial charge in [-0.3, -0.25) is 9.89 Å². The van der Waals surface area contributed by atoms with Crippen LogP contribution in [0.2, 0.25) is 0 Å². The van der Waals surface area contributed by atoms with Crippen LogP contribution < -0.4 is 10.7 Å². The minimum Gasteiger partial charge on any atom is -0.497 e. The van der Waals surface area contributed by atoms with Gasteiger partial charge in [-0.25, -0.2) is 5.43 Å². The van der Waals surface area contributed by atoms with Crippen molar-refractivity contribution >= 4 is 5.91 Å². The predicted octanol–water partition coefficient (Wildman–Crippen LogP) is 0.974. The topological polar surface area (TPSA) is 91.5 Å². The number of fused-ring (bicyclic) bond motifs is 1. The summed E-state index contributed by atoms with van der Waals surface area (Å²) in [5, 5.41) is 11.9. The van der Waals surface area contributed by atoms with Gasteiger partial charge in [0.2, 0.25) is 0 Å². The summed E-state index contributed by atoms with van der Waals surface area (Å²) >= 11 is 0. The van der Waals surface area contributed by atoms with Crippen LogP contribution in [0.15, 0.2) is 35.4 Å². The van der Waals surface area contributed by atoms with Gasteiger partial charge in [-0.2, -0.15) is 5.10 Å². The number of carbonyl (C=O) groups is 1. The number of aromatic amines is 1. The Bertz CT molecular complexity index is 931. The Morgan fingerprint density at radius 2 is 2.36 bits per heavy atom. The first-order chi connectivity index (χ1) is 13.7. The van der Waals surface area contributed by atoms with Crippen LogP contribution in [-0.4, -0.2) is 54.5 Å². The van der Waals surface area contributed by atoms with Gasteiger partial charge in [0.15, 0.2) is 5.69 Å². The molecular weight excluding hydrogens is 358 g/mol. The van der Waals surface area contributed by atoms with E-state index in [0.717, 1.165) is 36.4 Å². The minimum absolute atomic E-state index is 0.00709. The van der Waals surface area contributed by atoms with E-state index < -0.39 is 0 Å². The number of methoxy groups -OCH3 is 2. The summed E-state index contributed by atoms with van der Waals surface area (Å²) in [4.78, 5) is 12.6. The minimum atomic E-state index is -0.246. The molecule has 0 spiro atoms. The summed E-state index contributed by atoms with van der Waals surface area (Å²) in [5.74, 6) is 6.60. The summed E-state index contributed by atoms with van der Waals surface area (Å²) in [6.07, 6.45) is 8.29. The van der Waals surface area contributed by atoms with Gasteiger partial charge in [-0.05, 0) is 17.7 Å². The standard InChI is InChI=1S/C20H23N5O3/c1-27-15-7-13(8-16(9-15)28-2)11-25-12-14(10-21-25)22-20(26)19-17-5-3-4-6-18(17)23-24-19/h7,9,12,16,21H,4,6,8,10-11H2,1-2H3,(H,22,26)(H,23,24). The second kappa shape index (κ2) is 7.92. The number of hydrazine groups is 1. The van der Waals surface area contributed by atoms with Crippen molar-refractivity contribution in [3.05, 3.63) is 52.3 Å². The molecule has 3 N–H and O–H groups in total. The zero-order valence-electron chi connectivity index (χ0n) is 16.0. The first-order valence-corrected chi connectivity index (χ1v) is 9.22. The van der Waals surface area contributed by atoms with Crippen LogP contribution in [0.25, 0.3) is 0 Å². The molecule has 0 aromatic carbocycles. The highest BCUT2D eigenvalue weighted by Gasteiger charge is 2.23. The molecule has 2 heterocycles. The number of allylic oxidation sites excluding steroid dienone is 1. The number of hydrogen-bond acceptors (Lipinski definition) is 6. The fourth-order valence-electron chi connectivity index (χ4n) is 3.46. The number of aromatic nitrogens is 2. The van der Waals surface area contributed by atoms with Gasteiger partial charge < -0.3 is 19.8 Å². The highest BCUT2D eigenvalue weighted by Crippen LogP contribution is 2.22. The largest absolute Gasteiger partial charge is 0.497 e. The smallest absolute Gasteiger partial charge is 0.277 e. The lowest BCUT2D eigenvalue weighted by molar-refractivity contribution is 0.0960. The average molecular weight is 381 g/mol. The van der Waals surface area contributed by atoms with E-state index in [2.05, 4.69) is 32.8 Å². The van der Waals surface area contributed by atoms with Crippen LogP contribution in [-0.2, 0) is 15.9 Å². The zero-order valence-corrected chi connectivity index (χ0v) is 16.0. The molecule has 2 aliphatic carbocycles. The summed E-state index contributed by atoms with van der Waals surface area (Å²) in [6.45, 7) is 1.21. The van der Waals surface area contributed by atoms with Gasteiger partial charge in [0.05, 0.1) is 43.3 Å². The van der Waals surface area contributed by atoms with Crippen molar-refractivity contribution in [2.45, 2.75) is 25.4 Å². The van der Waals surface area contributed by atoms with Gasteiger partial charge in [0.25, 0.3) is 5.91 Å². The van der Waals surface area contributed by atoms with E-state index in [9.17, 15) is 4.79 Å². The quantitative estimate of drug-likeness (QED) is 0.636. The highest BCUT2D eigenvalue weighted by molar-refractivity contribution is 5.96. The van der Waals surface area contributed by atoms with Crippen molar-refractivity contribution in [3.63, 3.8) is 0 Å². The van der Waals surface area contributed by atoms with Gasteiger partial charge in [-0.15, -0.1) is 0 Å². The lowest BCUT2D eigenvalue weighted by Gasteiger charge is -2.24. The first-order valence-electron chi connectivity index (χ1n) is 9.22. The van der Waals surface area contributed by atoms with Crippen molar-refractivity contribution in [1.82, 2.24) is 25.9 Å². The van der Waals surface area contributed by atoms with Crippen LogP contribution in [0, 0.1) is 11.8 Å².